The molecule has 0 atom stereocenters. The minimum Gasteiger partial charge on any atom is -0.371 e. The lowest BCUT2D eigenvalue weighted by atomic mass is 10.1. The lowest BCUT2D eigenvalue weighted by Gasteiger charge is -2.35. The van der Waals surface area contributed by atoms with Crippen LogP contribution in [0.2, 0.25) is 0 Å². The number of rotatable bonds is 4. The number of piperazine rings is 1. The van der Waals surface area contributed by atoms with Crippen LogP contribution in [0, 0.1) is 13.8 Å². The Kier molecular flexibility index (Phi) is 6.05. The Morgan fingerprint density at radius 1 is 0.931 bits per heavy atom. The summed E-state index contributed by atoms with van der Waals surface area (Å²) >= 11 is 0. The lowest BCUT2D eigenvalue weighted by Crippen LogP contribution is -2.49. The fraction of sp³-hybridized carbons (Fsp3) is 0.458. The van der Waals surface area contributed by atoms with Gasteiger partial charge in [-0.15, -0.1) is 0 Å². The van der Waals surface area contributed by atoms with E-state index in [1.165, 1.54) is 42.7 Å². The zero-order valence-corrected chi connectivity index (χ0v) is 17.7. The van der Waals surface area contributed by atoms with E-state index < -0.39 is 0 Å². The molecule has 2 heterocycles. The first kappa shape index (κ1) is 19.8. The molecular weight excluding hydrogens is 360 g/mol. The maximum absolute atomic E-state index is 12.7. The molecule has 154 valence electrons. The standard InChI is InChI=1S/C24H32N4O/c1-19-9-10-22(20(2)17-19)25-24(29)28-15-13-26(14-16-28)18-21-7-3-4-8-23(21)27-11-5-6-12-27/h3-4,7-10,17H,5-6,11-16,18H2,1-2H3,(H,25,29). The number of para-hydroxylation sites is 1. The molecule has 4 rings (SSSR count). The van der Waals surface area contributed by atoms with Gasteiger partial charge < -0.3 is 15.1 Å². The summed E-state index contributed by atoms with van der Waals surface area (Å²) in [5, 5.41) is 3.08. The second-order valence-electron chi connectivity index (χ2n) is 8.33. The van der Waals surface area contributed by atoms with Gasteiger partial charge in [-0.3, -0.25) is 4.90 Å². The third-order valence-corrected chi connectivity index (χ3v) is 6.12. The molecule has 0 aliphatic carbocycles. The molecule has 1 N–H and O–H groups in total. The zero-order valence-electron chi connectivity index (χ0n) is 17.7. The van der Waals surface area contributed by atoms with Gasteiger partial charge >= 0.3 is 6.03 Å². The van der Waals surface area contributed by atoms with Crippen molar-refractivity contribution in [2.75, 3.05) is 49.5 Å². The quantitative estimate of drug-likeness (QED) is 0.845. The van der Waals surface area contributed by atoms with Crippen molar-refractivity contribution in [1.29, 1.82) is 0 Å². The second-order valence-corrected chi connectivity index (χ2v) is 8.33. The Balaban J connectivity index is 1.32. The number of benzene rings is 2. The van der Waals surface area contributed by atoms with Crippen LogP contribution in [0.15, 0.2) is 42.5 Å². The van der Waals surface area contributed by atoms with Crippen molar-refractivity contribution >= 4 is 17.4 Å². The van der Waals surface area contributed by atoms with Crippen LogP contribution >= 0.6 is 0 Å². The molecule has 0 radical (unpaired) electrons. The van der Waals surface area contributed by atoms with E-state index >= 15 is 0 Å². The number of carbonyl (C=O) groups excluding carboxylic acids is 1. The first-order chi connectivity index (χ1) is 14.1. The van der Waals surface area contributed by atoms with Gasteiger partial charge in [-0.25, -0.2) is 4.79 Å². The number of hydrogen-bond acceptors (Lipinski definition) is 3. The van der Waals surface area contributed by atoms with Crippen molar-refractivity contribution in [3.8, 4) is 0 Å². The van der Waals surface area contributed by atoms with Crippen LogP contribution in [0.1, 0.15) is 29.5 Å². The van der Waals surface area contributed by atoms with Gasteiger partial charge in [0.1, 0.15) is 0 Å². The van der Waals surface area contributed by atoms with Crippen molar-refractivity contribution in [3.63, 3.8) is 0 Å². The number of anilines is 2. The average molecular weight is 393 g/mol. The van der Waals surface area contributed by atoms with Gasteiger partial charge in [0, 0.05) is 57.2 Å². The highest BCUT2D eigenvalue weighted by Gasteiger charge is 2.23. The zero-order chi connectivity index (χ0) is 20.2. The number of nitrogens with zero attached hydrogens (tertiary/aromatic N) is 3. The van der Waals surface area contributed by atoms with Crippen molar-refractivity contribution in [2.24, 2.45) is 0 Å². The highest BCUT2D eigenvalue weighted by molar-refractivity contribution is 5.90. The first-order valence-electron chi connectivity index (χ1n) is 10.8. The fourth-order valence-corrected chi connectivity index (χ4v) is 4.41. The molecule has 2 aromatic rings. The van der Waals surface area contributed by atoms with Crippen LogP contribution in [0.25, 0.3) is 0 Å². The Morgan fingerprint density at radius 3 is 2.38 bits per heavy atom. The van der Waals surface area contributed by atoms with Crippen molar-refractivity contribution < 1.29 is 4.79 Å². The Bertz CT molecular complexity index is 852. The van der Waals surface area contributed by atoms with Crippen LogP contribution in [-0.4, -0.2) is 55.1 Å². The minimum absolute atomic E-state index is 0.00840. The van der Waals surface area contributed by atoms with Gasteiger partial charge in [0.2, 0.25) is 0 Å². The van der Waals surface area contributed by atoms with E-state index in [-0.39, 0.29) is 6.03 Å². The number of hydrogen-bond donors (Lipinski definition) is 1. The summed E-state index contributed by atoms with van der Waals surface area (Å²) in [6.45, 7) is 10.8. The maximum atomic E-state index is 12.7. The van der Waals surface area contributed by atoms with Crippen molar-refractivity contribution in [3.05, 3.63) is 59.2 Å². The van der Waals surface area contributed by atoms with E-state index in [2.05, 4.69) is 52.4 Å². The smallest absolute Gasteiger partial charge is 0.321 e. The number of urea groups is 1. The second kappa shape index (κ2) is 8.87. The van der Waals surface area contributed by atoms with Crippen LogP contribution in [0.5, 0.6) is 0 Å². The minimum atomic E-state index is 0.00840. The molecule has 5 heteroatoms. The molecule has 29 heavy (non-hydrogen) atoms. The lowest BCUT2D eigenvalue weighted by molar-refractivity contribution is 0.143. The summed E-state index contributed by atoms with van der Waals surface area (Å²) in [6.07, 6.45) is 2.59. The van der Waals surface area contributed by atoms with Crippen LogP contribution in [-0.2, 0) is 6.54 Å². The average Bonchev–Trinajstić information content (AvgIpc) is 3.26. The SMILES string of the molecule is Cc1ccc(NC(=O)N2CCN(Cc3ccccc3N3CCCC3)CC2)c(C)c1. The molecule has 2 aliphatic rings. The number of nitrogens with one attached hydrogen (secondary N) is 1. The summed E-state index contributed by atoms with van der Waals surface area (Å²) in [7, 11) is 0. The molecule has 5 nitrogen and oxygen atoms in total. The summed E-state index contributed by atoms with van der Waals surface area (Å²) < 4.78 is 0. The first-order valence-corrected chi connectivity index (χ1v) is 10.8. The molecular formula is C24H32N4O. The third kappa shape index (κ3) is 4.73. The van der Waals surface area contributed by atoms with E-state index in [0.717, 1.165) is 44.0 Å². The molecule has 0 saturated carbocycles. The van der Waals surface area contributed by atoms with Gasteiger partial charge in [0.25, 0.3) is 0 Å². The molecule has 2 amide bonds. The normalized spacial score (nSPS) is 17.6. The summed E-state index contributed by atoms with van der Waals surface area (Å²) in [5.41, 5.74) is 6.02. The van der Waals surface area contributed by atoms with E-state index in [4.69, 9.17) is 0 Å². The van der Waals surface area contributed by atoms with E-state index in [1.807, 2.05) is 24.0 Å². The Hall–Kier alpha value is -2.53. The molecule has 2 saturated heterocycles. The monoisotopic (exact) mass is 392 g/mol. The van der Waals surface area contributed by atoms with Crippen molar-refractivity contribution in [1.82, 2.24) is 9.80 Å². The highest BCUT2D eigenvalue weighted by Crippen LogP contribution is 2.26. The maximum Gasteiger partial charge on any atom is 0.321 e. The number of amides is 2. The Labute approximate surface area is 174 Å². The predicted octanol–water partition coefficient (Wildman–Crippen LogP) is 4.25. The van der Waals surface area contributed by atoms with Crippen LogP contribution in [0.4, 0.5) is 16.2 Å². The number of aryl methyl sites for hydroxylation is 2. The van der Waals surface area contributed by atoms with Gasteiger partial charge in [0.15, 0.2) is 0 Å². The van der Waals surface area contributed by atoms with Gasteiger partial charge in [-0.1, -0.05) is 35.9 Å². The Morgan fingerprint density at radius 2 is 1.66 bits per heavy atom. The van der Waals surface area contributed by atoms with Crippen LogP contribution < -0.4 is 10.2 Å². The number of carbonyl (C=O) groups is 1. The molecule has 0 spiro atoms. The molecule has 2 fully saturated rings. The summed E-state index contributed by atoms with van der Waals surface area (Å²) in [4.78, 5) is 19.6. The van der Waals surface area contributed by atoms with Crippen LogP contribution in [0.3, 0.4) is 0 Å². The molecule has 0 bridgehead atoms. The highest BCUT2D eigenvalue weighted by atomic mass is 16.2. The molecule has 2 aromatic carbocycles. The van der Waals surface area contributed by atoms with E-state index in [9.17, 15) is 4.79 Å². The van der Waals surface area contributed by atoms with Crippen molar-refractivity contribution in [2.45, 2.75) is 33.2 Å². The molecule has 0 aromatic heterocycles. The van der Waals surface area contributed by atoms with Gasteiger partial charge in [0.05, 0.1) is 0 Å². The molecule has 0 unspecified atom stereocenters. The van der Waals surface area contributed by atoms with E-state index in [1.54, 1.807) is 0 Å². The fourth-order valence-electron chi connectivity index (χ4n) is 4.41. The molecule has 2 aliphatic heterocycles. The van der Waals surface area contributed by atoms with E-state index in [0.29, 0.717) is 0 Å². The summed E-state index contributed by atoms with van der Waals surface area (Å²) in [6, 6.07) is 14.9. The van der Waals surface area contributed by atoms with Gasteiger partial charge in [-0.2, -0.15) is 0 Å². The predicted molar refractivity (Wildman–Crippen MR) is 120 cm³/mol. The van der Waals surface area contributed by atoms with Gasteiger partial charge in [-0.05, 0) is 49.9 Å². The topological polar surface area (TPSA) is 38.8 Å². The largest absolute Gasteiger partial charge is 0.371 e. The third-order valence-electron chi connectivity index (χ3n) is 6.12. The summed E-state index contributed by atoms with van der Waals surface area (Å²) in [5.74, 6) is 0.